The maximum absolute atomic E-state index is 6.46. The maximum Gasteiger partial charge on any atom is 0.169 e. The fourth-order valence-corrected chi connectivity index (χ4v) is 3.66. The largest absolute Gasteiger partial charge is 0.319 e. The highest BCUT2D eigenvalue weighted by Gasteiger charge is 2.44. The van der Waals surface area contributed by atoms with Gasteiger partial charge in [-0.25, -0.2) is 14.5 Å². The van der Waals surface area contributed by atoms with E-state index in [0.29, 0.717) is 11.9 Å². The van der Waals surface area contributed by atoms with Gasteiger partial charge in [-0.1, -0.05) is 0 Å². The van der Waals surface area contributed by atoms with E-state index < -0.39 is 5.54 Å². The van der Waals surface area contributed by atoms with E-state index in [1.54, 1.807) is 6.20 Å². The summed E-state index contributed by atoms with van der Waals surface area (Å²) in [5, 5.41) is 7.91. The quantitative estimate of drug-likeness (QED) is 0.589. The molecule has 0 unspecified atom stereocenters. The molecule has 4 aromatic rings. The first-order valence-electron chi connectivity index (χ1n) is 8.69. The highest BCUT2D eigenvalue weighted by molar-refractivity contribution is 5.83. The standard InChI is InChI=1S/C19H19N7/c1-21-12-9-19(20,10-12)18-23-11-17-13(6-8-26(17)25-18)14-4-5-15-16(24-14)3-2-7-22-15/h2-8,11-12,21H,9-10,20H2,1H3. The normalized spacial score (nSPS) is 22.6. The van der Waals surface area contributed by atoms with Gasteiger partial charge in [0.05, 0.1) is 34.0 Å². The van der Waals surface area contributed by atoms with E-state index in [2.05, 4.69) is 20.4 Å². The van der Waals surface area contributed by atoms with Gasteiger partial charge >= 0.3 is 0 Å². The summed E-state index contributed by atoms with van der Waals surface area (Å²) >= 11 is 0. The number of nitrogens with two attached hydrogens (primary N) is 1. The minimum Gasteiger partial charge on any atom is -0.319 e. The Hall–Kier alpha value is -2.90. The second-order valence-electron chi connectivity index (χ2n) is 6.93. The van der Waals surface area contributed by atoms with Gasteiger partial charge in [0.25, 0.3) is 0 Å². The highest BCUT2D eigenvalue weighted by Crippen LogP contribution is 2.37. The maximum atomic E-state index is 6.46. The van der Waals surface area contributed by atoms with Crippen LogP contribution in [0, 0.1) is 0 Å². The predicted molar refractivity (Wildman–Crippen MR) is 99.5 cm³/mol. The Morgan fingerprint density at radius 2 is 2.04 bits per heavy atom. The van der Waals surface area contributed by atoms with E-state index in [4.69, 9.17) is 10.7 Å². The first-order valence-corrected chi connectivity index (χ1v) is 8.69. The molecular weight excluding hydrogens is 326 g/mol. The topological polar surface area (TPSA) is 94.0 Å². The molecule has 0 spiro atoms. The molecule has 0 radical (unpaired) electrons. The molecule has 26 heavy (non-hydrogen) atoms. The zero-order valence-corrected chi connectivity index (χ0v) is 14.4. The average Bonchev–Trinajstić information content (AvgIpc) is 3.08. The fraction of sp³-hybridized carbons (Fsp3) is 0.263. The van der Waals surface area contributed by atoms with Gasteiger partial charge in [0.2, 0.25) is 0 Å². The Bertz CT molecular complexity index is 1110. The summed E-state index contributed by atoms with van der Waals surface area (Å²) in [7, 11) is 1.96. The van der Waals surface area contributed by atoms with E-state index in [9.17, 15) is 0 Å². The molecule has 0 aromatic carbocycles. The molecule has 4 heterocycles. The summed E-state index contributed by atoms with van der Waals surface area (Å²) in [6, 6.07) is 10.3. The number of nitrogens with one attached hydrogen (secondary N) is 1. The van der Waals surface area contributed by atoms with Crippen LogP contribution in [0.5, 0.6) is 0 Å². The molecular formula is C19H19N7. The van der Waals surface area contributed by atoms with Crippen LogP contribution in [0.2, 0.25) is 0 Å². The molecule has 0 aliphatic heterocycles. The first-order chi connectivity index (χ1) is 12.7. The van der Waals surface area contributed by atoms with Crippen LogP contribution in [0.4, 0.5) is 0 Å². The van der Waals surface area contributed by atoms with Crippen LogP contribution in [0.1, 0.15) is 18.7 Å². The minimum atomic E-state index is -0.445. The number of pyridine rings is 2. The Kier molecular flexibility index (Phi) is 3.28. The smallest absolute Gasteiger partial charge is 0.169 e. The Morgan fingerprint density at radius 3 is 2.88 bits per heavy atom. The van der Waals surface area contributed by atoms with Gasteiger partial charge in [-0.3, -0.25) is 4.98 Å². The third kappa shape index (κ3) is 2.28. The third-order valence-corrected chi connectivity index (χ3v) is 5.22. The Balaban J connectivity index is 1.55. The molecule has 1 saturated carbocycles. The van der Waals surface area contributed by atoms with Crippen LogP contribution in [0.25, 0.3) is 27.8 Å². The van der Waals surface area contributed by atoms with Gasteiger partial charge < -0.3 is 11.1 Å². The predicted octanol–water partition coefficient (Wildman–Crippen LogP) is 1.88. The molecule has 4 aromatic heterocycles. The Morgan fingerprint density at radius 1 is 1.15 bits per heavy atom. The van der Waals surface area contributed by atoms with Crippen molar-refractivity contribution in [1.82, 2.24) is 29.9 Å². The van der Waals surface area contributed by atoms with Gasteiger partial charge in [-0.2, -0.15) is 5.10 Å². The minimum absolute atomic E-state index is 0.440. The van der Waals surface area contributed by atoms with Crippen molar-refractivity contribution < 1.29 is 0 Å². The summed E-state index contributed by atoms with van der Waals surface area (Å²) in [6.07, 6.45) is 7.25. The van der Waals surface area contributed by atoms with Crippen molar-refractivity contribution in [2.45, 2.75) is 24.4 Å². The summed E-state index contributed by atoms with van der Waals surface area (Å²) in [5.41, 5.74) is 10.6. The molecule has 1 aliphatic rings. The van der Waals surface area contributed by atoms with Crippen molar-refractivity contribution in [2.24, 2.45) is 5.73 Å². The van der Waals surface area contributed by atoms with Crippen LogP contribution in [0.3, 0.4) is 0 Å². The number of nitrogens with zero attached hydrogens (tertiary/aromatic N) is 5. The van der Waals surface area contributed by atoms with Crippen LogP contribution in [-0.2, 0) is 5.54 Å². The summed E-state index contributed by atoms with van der Waals surface area (Å²) in [6.45, 7) is 0. The van der Waals surface area contributed by atoms with E-state index in [-0.39, 0.29) is 0 Å². The second kappa shape index (κ2) is 5.55. The number of fused-ring (bicyclic) bond motifs is 2. The molecule has 0 bridgehead atoms. The van der Waals surface area contributed by atoms with Gasteiger partial charge in [0.1, 0.15) is 0 Å². The van der Waals surface area contributed by atoms with Gasteiger partial charge in [-0.05, 0) is 50.2 Å². The van der Waals surface area contributed by atoms with Crippen molar-refractivity contribution >= 4 is 16.6 Å². The molecule has 7 heteroatoms. The van der Waals surface area contributed by atoms with Gasteiger partial charge in [0.15, 0.2) is 5.82 Å². The van der Waals surface area contributed by atoms with E-state index in [1.165, 1.54) is 0 Å². The van der Waals surface area contributed by atoms with E-state index in [0.717, 1.165) is 40.6 Å². The fourth-order valence-electron chi connectivity index (χ4n) is 3.66. The number of rotatable bonds is 3. The van der Waals surface area contributed by atoms with Crippen LogP contribution < -0.4 is 11.1 Å². The average molecular weight is 345 g/mol. The SMILES string of the molecule is CNC1CC(N)(c2ncc3c(-c4ccc5ncccc5n4)ccn3n2)C1. The van der Waals surface area contributed by atoms with Crippen molar-refractivity contribution in [2.75, 3.05) is 7.05 Å². The van der Waals surface area contributed by atoms with E-state index in [1.807, 2.05) is 54.3 Å². The summed E-state index contributed by atoms with van der Waals surface area (Å²) in [4.78, 5) is 13.6. The second-order valence-corrected chi connectivity index (χ2v) is 6.93. The molecule has 0 atom stereocenters. The van der Waals surface area contributed by atoms with Crippen LogP contribution in [-0.4, -0.2) is 37.7 Å². The number of aromatic nitrogens is 5. The zero-order valence-electron chi connectivity index (χ0n) is 14.4. The monoisotopic (exact) mass is 345 g/mol. The molecule has 1 aliphatic carbocycles. The molecule has 1 fully saturated rings. The highest BCUT2D eigenvalue weighted by atomic mass is 15.3. The summed E-state index contributed by atoms with van der Waals surface area (Å²) < 4.78 is 1.84. The lowest BCUT2D eigenvalue weighted by molar-refractivity contribution is 0.172. The van der Waals surface area contributed by atoms with Gasteiger partial charge in [-0.15, -0.1) is 0 Å². The Labute approximate surface area is 150 Å². The van der Waals surface area contributed by atoms with Crippen molar-refractivity contribution in [3.8, 4) is 11.3 Å². The number of hydrogen-bond donors (Lipinski definition) is 2. The van der Waals surface area contributed by atoms with Crippen molar-refractivity contribution in [1.29, 1.82) is 0 Å². The van der Waals surface area contributed by atoms with Gasteiger partial charge in [0, 0.05) is 24.0 Å². The van der Waals surface area contributed by atoms with Crippen LogP contribution >= 0.6 is 0 Å². The molecule has 0 amide bonds. The molecule has 3 N–H and O–H groups in total. The number of hydrogen-bond acceptors (Lipinski definition) is 6. The van der Waals surface area contributed by atoms with E-state index >= 15 is 0 Å². The van der Waals surface area contributed by atoms with Crippen molar-refractivity contribution in [3.05, 3.63) is 54.7 Å². The summed E-state index contributed by atoms with van der Waals surface area (Å²) in [5.74, 6) is 0.689. The van der Waals surface area contributed by atoms with Crippen molar-refractivity contribution in [3.63, 3.8) is 0 Å². The third-order valence-electron chi connectivity index (χ3n) is 5.22. The first kappa shape index (κ1) is 15.4. The molecule has 7 nitrogen and oxygen atoms in total. The molecule has 0 saturated heterocycles. The lowest BCUT2D eigenvalue weighted by atomic mass is 9.73. The lowest BCUT2D eigenvalue weighted by Gasteiger charge is -2.43. The molecule has 130 valence electrons. The molecule has 5 rings (SSSR count). The zero-order chi connectivity index (χ0) is 17.7. The van der Waals surface area contributed by atoms with Crippen LogP contribution in [0.15, 0.2) is 48.9 Å². The lowest BCUT2D eigenvalue weighted by Crippen LogP contribution is -2.57.